The Labute approximate surface area is 103 Å². The van der Waals surface area contributed by atoms with Crippen molar-refractivity contribution in [1.82, 2.24) is 4.90 Å². The minimum absolute atomic E-state index is 0.0264. The monoisotopic (exact) mass is 235 g/mol. The Balaban J connectivity index is 2.00. The van der Waals surface area contributed by atoms with Crippen molar-refractivity contribution in [3.8, 4) is 0 Å². The Kier molecular flexibility index (Phi) is 4.54. The van der Waals surface area contributed by atoms with Crippen LogP contribution in [-0.4, -0.2) is 41.9 Å². The smallest absolute Gasteiger partial charge is 0.0933 e. The first kappa shape index (κ1) is 12.6. The Morgan fingerprint density at radius 3 is 2.76 bits per heavy atom. The summed E-state index contributed by atoms with van der Waals surface area (Å²) in [4.78, 5) is 2.42. The lowest BCUT2D eigenvalue weighted by Crippen LogP contribution is -2.49. The molecular weight excluding hydrogens is 214 g/mol. The Morgan fingerprint density at radius 1 is 1.35 bits per heavy atom. The summed E-state index contributed by atoms with van der Waals surface area (Å²) in [5.74, 6) is 0. The van der Waals surface area contributed by atoms with Gasteiger partial charge in [0.05, 0.1) is 19.3 Å². The fourth-order valence-electron chi connectivity index (χ4n) is 2.31. The lowest BCUT2D eigenvalue weighted by Gasteiger charge is -2.38. The van der Waals surface area contributed by atoms with Gasteiger partial charge in [-0.3, -0.25) is 4.90 Å². The third kappa shape index (κ3) is 3.28. The van der Waals surface area contributed by atoms with Crippen LogP contribution in [0.1, 0.15) is 18.9 Å². The van der Waals surface area contributed by atoms with E-state index in [0.29, 0.717) is 6.04 Å². The molecule has 3 heteroatoms. The molecule has 0 radical (unpaired) electrons. The quantitative estimate of drug-likeness (QED) is 0.861. The number of ether oxygens (including phenoxy) is 1. The minimum atomic E-state index is -0.0264. The van der Waals surface area contributed by atoms with Crippen LogP contribution >= 0.6 is 0 Å². The fourth-order valence-corrected chi connectivity index (χ4v) is 2.31. The average molecular weight is 235 g/mol. The summed E-state index contributed by atoms with van der Waals surface area (Å²) < 4.78 is 5.61. The first-order valence-electron chi connectivity index (χ1n) is 6.34. The van der Waals surface area contributed by atoms with Crippen LogP contribution in [0.15, 0.2) is 30.3 Å². The topological polar surface area (TPSA) is 32.7 Å². The number of morpholine rings is 1. The van der Waals surface area contributed by atoms with Crippen molar-refractivity contribution in [1.29, 1.82) is 0 Å². The van der Waals surface area contributed by atoms with E-state index in [1.165, 1.54) is 5.56 Å². The van der Waals surface area contributed by atoms with Crippen molar-refractivity contribution in [3.05, 3.63) is 35.9 Å². The largest absolute Gasteiger partial charge is 0.394 e. The molecule has 0 bridgehead atoms. The summed E-state index contributed by atoms with van der Waals surface area (Å²) in [7, 11) is 0. The molecule has 0 aliphatic carbocycles. The number of aliphatic hydroxyl groups excluding tert-OH is 1. The van der Waals surface area contributed by atoms with Crippen molar-refractivity contribution in [2.75, 3.05) is 19.8 Å². The van der Waals surface area contributed by atoms with Gasteiger partial charge in [0.2, 0.25) is 0 Å². The lowest BCUT2D eigenvalue weighted by molar-refractivity contribution is -0.0858. The second-order valence-corrected chi connectivity index (χ2v) is 4.62. The van der Waals surface area contributed by atoms with Gasteiger partial charge in [-0.05, 0) is 12.0 Å². The molecule has 1 aliphatic rings. The molecule has 1 aliphatic heterocycles. The van der Waals surface area contributed by atoms with Gasteiger partial charge < -0.3 is 9.84 Å². The highest BCUT2D eigenvalue weighted by Crippen LogP contribution is 2.17. The van der Waals surface area contributed by atoms with Crippen molar-refractivity contribution in [3.63, 3.8) is 0 Å². The van der Waals surface area contributed by atoms with Crippen LogP contribution in [0, 0.1) is 0 Å². The lowest BCUT2D eigenvalue weighted by atomic mass is 10.1. The summed E-state index contributed by atoms with van der Waals surface area (Å²) in [6.45, 7) is 4.80. The van der Waals surface area contributed by atoms with E-state index in [2.05, 4.69) is 36.1 Å². The molecule has 94 valence electrons. The van der Waals surface area contributed by atoms with Gasteiger partial charge in [0.25, 0.3) is 0 Å². The fraction of sp³-hybridized carbons (Fsp3) is 0.571. The van der Waals surface area contributed by atoms with E-state index in [1.807, 2.05) is 6.07 Å². The summed E-state index contributed by atoms with van der Waals surface area (Å²) >= 11 is 0. The zero-order valence-electron chi connectivity index (χ0n) is 10.4. The van der Waals surface area contributed by atoms with E-state index in [1.54, 1.807) is 0 Å². The van der Waals surface area contributed by atoms with Gasteiger partial charge in [-0.1, -0.05) is 37.3 Å². The Bertz CT molecular complexity index is 328. The summed E-state index contributed by atoms with van der Waals surface area (Å²) in [6.07, 6.45) is 1.06. The number of rotatable bonds is 4. The third-order valence-corrected chi connectivity index (χ3v) is 3.38. The predicted molar refractivity (Wildman–Crippen MR) is 67.8 cm³/mol. The van der Waals surface area contributed by atoms with Gasteiger partial charge in [0.1, 0.15) is 0 Å². The maximum Gasteiger partial charge on any atom is 0.0933 e. The molecule has 1 saturated heterocycles. The van der Waals surface area contributed by atoms with Crippen molar-refractivity contribution in [2.45, 2.75) is 32.0 Å². The molecule has 0 aromatic heterocycles. The van der Waals surface area contributed by atoms with Gasteiger partial charge in [-0.2, -0.15) is 0 Å². The van der Waals surface area contributed by atoms with E-state index in [-0.39, 0.29) is 12.7 Å². The molecular formula is C14H21NO2. The Morgan fingerprint density at radius 2 is 2.12 bits per heavy atom. The zero-order chi connectivity index (χ0) is 12.1. The number of hydrogen-bond acceptors (Lipinski definition) is 3. The van der Waals surface area contributed by atoms with Crippen LogP contribution < -0.4 is 0 Å². The van der Waals surface area contributed by atoms with Gasteiger partial charge in [-0.15, -0.1) is 0 Å². The van der Waals surface area contributed by atoms with E-state index < -0.39 is 0 Å². The molecule has 0 amide bonds. The molecule has 1 aromatic rings. The third-order valence-electron chi connectivity index (χ3n) is 3.38. The normalized spacial score (nSPS) is 26.0. The molecule has 0 spiro atoms. The van der Waals surface area contributed by atoms with Gasteiger partial charge in [0.15, 0.2) is 0 Å². The zero-order valence-corrected chi connectivity index (χ0v) is 10.4. The highest BCUT2D eigenvalue weighted by molar-refractivity contribution is 5.14. The van der Waals surface area contributed by atoms with E-state index in [9.17, 15) is 5.11 Å². The maximum absolute atomic E-state index is 9.18. The average Bonchev–Trinajstić information content (AvgIpc) is 2.40. The first-order valence-corrected chi connectivity index (χ1v) is 6.34. The number of aliphatic hydroxyl groups is 1. The van der Waals surface area contributed by atoms with Crippen molar-refractivity contribution >= 4 is 0 Å². The van der Waals surface area contributed by atoms with E-state index >= 15 is 0 Å². The van der Waals surface area contributed by atoms with Crippen LogP contribution in [0.3, 0.4) is 0 Å². The van der Waals surface area contributed by atoms with Crippen LogP contribution in [0.25, 0.3) is 0 Å². The molecule has 1 aromatic carbocycles. The molecule has 1 unspecified atom stereocenters. The standard InChI is InChI=1S/C14H21NO2/c1-2-13-11-17-14(10-16)9-15(13)8-12-6-4-3-5-7-12/h3-7,13-14,16H,2,8-11H2,1H3/t13-,14?/m0/s1. The SMILES string of the molecule is CC[C@H]1COC(CO)CN1Cc1ccccc1. The summed E-state index contributed by atoms with van der Waals surface area (Å²) in [5.41, 5.74) is 1.32. The molecule has 2 atom stereocenters. The number of benzene rings is 1. The van der Waals surface area contributed by atoms with Crippen LogP contribution in [0.4, 0.5) is 0 Å². The van der Waals surface area contributed by atoms with Gasteiger partial charge >= 0.3 is 0 Å². The molecule has 17 heavy (non-hydrogen) atoms. The molecule has 3 nitrogen and oxygen atoms in total. The molecule has 1 N–H and O–H groups in total. The van der Waals surface area contributed by atoms with Gasteiger partial charge in [-0.25, -0.2) is 0 Å². The van der Waals surface area contributed by atoms with Crippen LogP contribution in [0.2, 0.25) is 0 Å². The highest BCUT2D eigenvalue weighted by atomic mass is 16.5. The summed E-state index contributed by atoms with van der Waals surface area (Å²) in [5, 5.41) is 9.18. The van der Waals surface area contributed by atoms with Gasteiger partial charge in [0, 0.05) is 19.1 Å². The minimum Gasteiger partial charge on any atom is -0.394 e. The van der Waals surface area contributed by atoms with Crippen molar-refractivity contribution in [2.24, 2.45) is 0 Å². The second kappa shape index (κ2) is 6.15. The summed E-state index contributed by atoms with van der Waals surface area (Å²) in [6, 6.07) is 10.9. The molecule has 1 heterocycles. The molecule has 1 fully saturated rings. The van der Waals surface area contributed by atoms with Crippen LogP contribution in [-0.2, 0) is 11.3 Å². The molecule has 0 saturated carbocycles. The number of hydrogen-bond donors (Lipinski definition) is 1. The maximum atomic E-state index is 9.18. The predicted octanol–water partition coefficient (Wildman–Crippen LogP) is 1.66. The highest BCUT2D eigenvalue weighted by Gasteiger charge is 2.27. The first-order chi connectivity index (χ1) is 8.33. The van der Waals surface area contributed by atoms with Crippen molar-refractivity contribution < 1.29 is 9.84 Å². The number of nitrogens with zero attached hydrogens (tertiary/aromatic N) is 1. The Hall–Kier alpha value is -0.900. The van der Waals surface area contributed by atoms with E-state index in [0.717, 1.165) is 26.1 Å². The molecule has 2 rings (SSSR count). The van der Waals surface area contributed by atoms with E-state index in [4.69, 9.17) is 4.74 Å². The van der Waals surface area contributed by atoms with Crippen LogP contribution in [0.5, 0.6) is 0 Å². The second-order valence-electron chi connectivity index (χ2n) is 4.62.